The van der Waals surface area contributed by atoms with E-state index in [9.17, 15) is 19.2 Å². The molecule has 0 aromatic heterocycles. The molecule has 0 spiro atoms. The summed E-state index contributed by atoms with van der Waals surface area (Å²) >= 11 is 0. The first-order valence-corrected chi connectivity index (χ1v) is 11.1. The standard InChI is InChI=1S/C27H24O8/c1-3-33-25(31)27-16-20(28)13-14-26(27,24(30)34-17-18-7-5-4-6-8-18)23(29)15-22(35-27)19-9-11-21(32-2)12-10-19/h4-15H,3,16-17H2,1-2H3/t26-,27+/m0/s1. The van der Waals surface area contributed by atoms with E-state index in [4.69, 9.17) is 18.9 Å². The van der Waals surface area contributed by atoms with Crippen molar-refractivity contribution >= 4 is 29.3 Å². The highest BCUT2D eigenvalue weighted by Crippen LogP contribution is 2.51. The second kappa shape index (κ2) is 9.58. The van der Waals surface area contributed by atoms with Gasteiger partial charge < -0.3 is 18.9 Å². The van der Waals surface area contributed by atoms with E-state index < -0.39 is 40.9 Å². The number of esters is 2. The first kappa shape index (κ1) is 23.9. The largest absolute Gasteiger partial charge is 0.497 e. The smallest absolute Gasteiger partial charge is 0.353 e. The van der Waals surface area contributed by atoms with Crippen molar-refractivity contribution in [1.82, 2.24) is 0 Å². The Kier molecular flexibility index (Phi) is 6.55. The van der Waals surface area contributed by atoms with Gasteiger partial charge in [-0.05, 0) is 42.8 Å². The molecular weight excluding hydrogens is 452 g/mol. The molecule has 1 aliphatic carbocycles. The van der Waals surface area contributed by atoms with E-state index in [-0.39, 0.29) is 19.0 Å². The van der Waals surface area contributed by atoms with Crippen LogP contribution in [0.15, 0.2) is 72.8 Å². The summed E-state index contributed by atoms with van der Waals surface area (Å²) in [6.45, 7) is 1.40. The Balaban J connectivity index is 1.81. The van der Waals surface area contributed by atoms with Gasteiger partial charge in [0.1, 0.15) is 18.1 Å². The van der Waals surface area contributed by atoms with Crippen LogP contribution in [-0.4, -0.2) is 42.8 Å². The molecule has 1 aliphatic heterocycles. The topological polar surface area (TPSA) is 105 Å². The van der Waals surface area contributed by atoms with Crippen LogP contribution in [0.4, 0.5) is 0 Å². The van der Waals surface area contributed by atoms with Crippen LogP contribution < -0.4 is 4.74 Å². The molecule has 2 atom stereocenters. The van der Waals surface area contributed by atoms with Gasteiger partial charge in [-0.3, -0.25) is 14.4 Å². The normalized spacial score (nSPS) is 23.0. The Morgan fingerprint density at radius 1 is 0.971 bits per heavy atom. The van der Waals surface area contributed by atoms with Crippen LogP contribution in [0, 0.1) is 5.41 Å². The summed E-state index contributed by atoms with van der Waals surface area (Å²) in [5.41, 5.74) is -3.34. The summed E-state index contributed by atoms with van der Waals surface area (Å²) < 4.78 is 22.0. The van der Waals surface area contributed by atoms with Crippen LogP contribution in [0.3, 0.4) is 0 Å². The van der Waals surface area contributed by atoms with Crippen molar-refractivity contribution < 1.29 is 38.1 Å². The number of hydrogen-bond acceptors (Lipinski definition) is 8. The van der Waals surface area contributed by atoms with E-state index in [1.165, 1.54) is 7.11 Å². The summed E-state index contributed by atoms with van der Waals surface area (Å²) in [6.07, 6.45) is 2.78. The monoisotopic (exact) mass is 476 g/mol. The number of carbonyl (C=O) groups excluding carboxylic acids is 4. The number of hydrogen-bond donors (Lipinski definition) is 0. The van der Waals surface area contributed by atoms with Gasteiger partial charge in [-0.25, -0.2) is 4.79 Å². The average molecular weight is 476 g/mol. The summed E-state index contributed by atoms with van der Waals surface area (Å²) in [5, 5.41) is 0. The molecule has 2 aliphatic rings. The Morgan fingerprint density at radius 3 is 2.34 bits per heavy atom. The van der Waals surface area contributed by atoms with Crippen molar-refractivity contribution in [2.24, 2.45) is 5.41 Å². The highest BCUT2D eigenvalue weighted by atomic mass is 16.6. The van der Waals surface area contributed by atoms with Crippen LogP contribution in [0.1, 0.15) is 24.5 Å². The van der Waals surface area contributed by atoms with Gasteiger partial charge >= 0.3 is 11.9 Å². The minimum absolute atomic E-state index is 0.0280. The molecular formula is C27H24O8. The van der Waals surface area contributed by atoms with Gasteiger partial charge in [-0.1, -0.05) is 36.4 Å². The quantitative estimate of drug-likeness (QED) is 0.443. The van der Waals surface area contributed by atoms with Crippen LogP contribution in [0.2, 0.25) is 0 Å². The van der Waals surface area contributed by atoms with Crippen molar-refractivity contribution in [3.63, 3.8) is 0 Å². The molecule has 180 valence electrons. The number of benzene rings is 2. The molecule has 0 radical (unpaired) electrons. The molecule has 0 saturated carbocycles. The van der Waals surface area contributed by atoms with Crippen LogP contribution in [0.25, 0.3) is 5.76 Å². The minimum atomic E-state index is -2.26. The Bertz CT molecular complexity index is 1210. The third kappa shape index (κ3) is 4.12. The number of allylic oxidation sites excluding steroid dienone is 2. The lowest BCUT2D eigenvalue weighted by Gasteiger charge is -2.47. The Hall–Kier alpha value is -4.20. The minimum Gasteiger partial charge on any atom is -0.497 e. The molecule has 2 aromatic carbocycles. The van der Waals surface area contributed by atoms with E-state index >= 15 is 0 Å². The predicted molar refractivity (Wildman–Crippen MR) is 124 cm³/mol. The van der Waals surface area contributed by atoms with E-state index in [1.54, 1.807) is 55.5 Å². The lowest BCUT2D eigenvalue weighted by atomic mass is 9.62. The summed E-state index contributed by atoms with van der Waals surface area (Å²) in [6, 6.07) is 15.5. The van der Waals surface area contributed by atoms with Crippen molar-refractivity contribution in [3.05, 3.63) is 84.0 Å². The molecule has 0 bridgehead atoms. The number of ether oxygens (including phenoxy) is 4. The highest BCUT2D eigenvalue weighted by Gasteiger charge is 2.71. The Labute approximate surface area is 202 Å². The second-order valence-corrected chi connectivity index (χ2v) is 8.10. The van der Waals surface area contributed by atoms with Crippen molar-refractivity contribution in [2.75, 3.05) is 13.7 Å². The zero-order valence-corrected chi connectivity index (χ0v) is 19.3. The highest BCUT2D eigenvalue weighted by molar-refractivity contribution is 6.21. The Morgan fingerprint density at radius 2 is 1.69 bits per heavy atom. The molecule has 0 N–H and O–H groups in total. The molecule has 4 rings (SSSR count). The molecule has 8 heteroatoms. The summed E-state index contributed by atoms with van der Waals surface area (Å²) in [5.74, 6) is -2.64. The number of ketones is 2. The first-order chi connectivity index (χ1) is 16.9. The van der Waals surface area contributed by atoms with Gasteiger partial charge in [0.15, 0.2) is 17.0 Å². The van der Waals surface area contributed by atoms with Crippen LogP contribution in [-0.2, 0) is 40.0 Å². The van der Waals surface area contributed by atoms with E-state index in [0.717, 1.165) is 18.2 Å². The second-order valence-electron chi connectivity index (χ2n) is 8.10. The maximum absolute atomic E-state index is 13.7. The van der Waals surface area contributed by atoms with Crippen molar-refractivity contribution in [3.8, 4) is 5.75 Å². The molecule has 0 unspecified atom stereocenters. The van der Waals surface area contributed by atoms with Gasteiger partial charge in [-0.2, -0.15) is 0 Å². The lowest BCUT2D eigenvalue weighted by molar-refractivity contribution is -0.194. The summed E-state index contributed by atoms with van der Waals surface area (Å²) in [7, 11) is 1.51. The number of fused-ring (bicyclic) bond motifs is 1. The third-order valence-corrected chi connectivity index (χ3v) is 6.03. The fourth-order valence-corrected chi connectivity index (χ4v) is 4.23. The van der Waals surface area contributed by atoms with Crippen LogP contribution in [0.5, 0.6) is 5.75 Å². The lowest BCUT2D eigenvalue weighted by Crippen LogP contribution is -2.66. The van der Waals surface area contributed by atoms with Gasteiger partial charge in [0.2, 0.25) is 5.60 Å². The van der Waals surface area contributed by atoms with Gasteiger partial charge in [0.25, 0.3) is 0 Å². The average Bonchev–Trinajstić information content (AvgIpc) is 2.87. The zero-order valence-electron chi connectivity index (χ0n) is 19.3. The van der Waals surface area contributed by atoms with E-state index in [0.29, 0.717) is 16.9 Å². The van der Waals surface area contributed by atoms with Crippen molar-refractivity contribution in [2.45, 2.75) is 25.6 Å². The molecule has 0 amide bonds. The molecule has 1 heterocycles. The first-order valence-electron chi connectivity index (χ1n) is 11.1. The third-order valence-electron chi connectivity index (χ3n) is 6.03. The zero-order chi connectivity index (χ0) is 25.1. The fourth-order valence-electron chi connectivity index (χ4n) is 4.23. The summed E-state index contributed by atoms with van der Waals surface area (Å²) in [4.78, 5) is 53.1. The fraction of sp³-hybridized carbons (Fsp3) is 0.259. The van der Waals surface area contributed by atoms with Gasteiger partial charge in [0.05, 0.1) is 20.1 Å². The number of carbonyl (C=O) groups is 4. The van der Waals surface area contributed by atoms with Gasteiger partial charge in [-0.15, -0.1) is 0 Å². The molecule has 2 aromatic rings. The molecule has 0 saturated heterocycles. The molecule has 0 fully saturated rings. The molecule has 35 heavy (non-hydrogen) atoms. The maximum Gasteiger partial charge on any atom is 0.353 e. The maximum atomic E-state index is 13.7. The van der Waals surface area contributed by atoms with E-state index in [1.807, 2.05) is 6.07 Å². The molecule has 8 nitrogen and oxygen atoms in total. The van der Waals surface area contributed by atoms with E-state index in [2.05, 4.69) is 0 Å². The number of rotatable bonds is 7. The van der Waals surface area contributed by atoms with Crippen LogP contribution >= 0.6 is 0 Å². The predicted octanol–water partition coefficient (Wildman–Crippen LogP) is 3.20. The number of methoxy groups -OCH3 is 1. The van der Waals surface area contributed by atoms with Gasteiger partial charge in [0, 0.05) is 11.6 Å². The van der Waals surface area contributed by atoms with Crippen molar-refractivity contribution in [1.29, 1.82) is 0 Å². The SMILES string of the molecule is CCOC(=O)[C@]12CC(=O)C=C[C@@]1(C(=O)OCc1ccccc1)C(=O)C=C(c1ccc(OC)cc1)O2.